The van der Waals surface area contributed by atoms with Gasteiger partial charge >= 0.3 is 0 Å². The number of hydrogen-bond donors (Lipinski definition) is 1. The summed E-state index contributed by atoms with van der Waals surface area (Å²) in [7, 11) is 0. The van der Waals surface area contributed by atoms with Crippen LogP contribution in [0.3, 0.4) is 0 Å². The van der Waals surface area contributed by atoms with Gasteiger partial charge in [-0.05, 0) is 34.8 Å². The van der Waals surface area contributed by atoms with Gasteiger partial charge in [0.1, 0.15) is 0 Å². The van der Waals surface area contributed by atoms with Gasteiger partial charge in [-0.2, -0.15) is 0 Å². The average Bonchev–Trinajstić information content (AvgIpc) is 2.51. The van der Waals surface area contributed by atoms with Crippen molar-refractivity contribution >= 4 is 27.3 Å². The molecule has 0 bridgehead atoms. The molecule has 1 rings (SSSR count). The second-order valence-electron chi connectivity index (χ2n) is 3.08. The van der Waals surface area contributed by atoms with Crippen molar-refractivity contribution in [1.29, 1.82) is 0 Å². The maximum Gasteiger partial charge on any atom is 0.0427 e. The molecule has 1 heterocycles. The molecule has 13 heavy (non-hydrogen) atoms. The van der Waals surface area contributed by atoms with Gasteiger partial charge in [0.2, 0.25) is 0 Å². The van der Waals surface area contributed by atoms with E-state index in [9.17, 15) is 0 Å². The van der Waals surface area contributed by atoms with E-state index in [1.807, 2.05) is 0 Å². The first-order chi connectivity index (χ1) is 6.13. The van der Waals surface area contributed by atoms with E-state index in [2.05, 4.69) is 40.9 Å². The zero-order valence-corrected chi connectivity index (χ0v) is 10.1. The maximum absolute atomic E-state index is 6.01. The molecular weight excluding hydrogens is 246 g/mol. The predicted octanol–water partition coefficient (Wildman–Crippen LogP) is 3.87. The highest BCUT2D eigenvalue weighted by molar-refractivity contribution is 9.10. The number of hydrogen-bond acceptors (Lipinski definition) is 2. The number of nitrogens with two attached hydrogens (primary N) is 1. The fourth-order valence-electron chi connectivity index (χ4n) is 1.08. The molecule has 0 aromatic carbocycles. The van der Waals surface area contributed by atoms with Crippen molar-refractivity contribution in [2.24, 2.45) is 5.73 Å². The van der Waals surface area contributed by atoms with Crippen molar-refractivity contribution in [1.82, 2.24) is 0 Å². The lowest BCUT2D eigenvalue weighted by atomic mass is 10.1. The molecule has 1 nitrogen and oxygen atoms in total. The van der Waals surface area contributed by atoms with Gasteiger partial charge in [0.05, 0.1) is 0 Å². The van der Waals surface area contributed by atoms with Gasteiger partial charge in [-0.15, -0.1) is 11.3 Å². The Morgan fingerprint density at radius 1 is 1.77 bits per heavy atom. The van der Waals surface area contributed by atoms with Crippen LogP contribution in [0.4, 0.5) is 0 Å². The summed E-state index contributed by atoms with van der Waals surface area (Å²) >= 11 is 5.11. The molecule has 3 heteroatoms. The van der Waals surface area contributed by atoms with Gasteiger partial charge in [-0.25, -0.2) is 0 Å². The van der Waals surface area contributed by atoms with Crippen LogP contribution in [0.15, 0.2) is 28.1 Å². The molecule has 72 valence electrons. The Morgan fingerprint density at radius 3 is 2.92 bits per heavy atom. The molecule has 0 saturated carbocycles. The minimum atomic E-state index is 0.115. The summed E-state index contributed by atoms with van der Waals surface area (Å²) < 4.78 is 1.12. The lowest BCUT2D eigenvalue weighted by Gasteiger charge is -2.09. The molecule has 0 aliphatic rings. The molecule has 0 amide bonds. The maximum atomic E-state index is 6.01. The molecule has 0 spiro atoms. The molecule has 0 aliphatic carbocycles. The molecular formula is C10H14BrNS. The summed E-state index contributed by atoms with van der Waals surface area (Å²) in [6.07, 6.45) is 1.91. The van der Waals surface area contributed by atoms with Gasteiger partial charge in [0, 0.05) is 20.8 Å². The summed E-state index contributed by atoms with van der Waals surface area (Å²) in [5, 5.41) is 2.06. The summed E-state index contributed by atoms with van der Waals surface area (Å²) in [6.45, 7) is 6.07. The third-order valence-electron chi connectivity index (χ3n) is 1.96. The van der Waals surface area contributed by atoms with E-state index >= 15 is 0 Å². The monoisotopic (exact) mass is 259 g/mol. The van der Waals surface area contributed by atoms with Crippen LogP contribution in [0.25, 0.3) is 0 Å². The Kier molecular flexibility index (Phi) is 4.16. The molecule has 1 unspecified atom stereocenters. The molecule has 0 fully saturated rings. The van der Waals surface area contributed by atoms with Gasteiger partial charge in [0.15, 0.2) is 0 Å². The minimum absolute atomic E-state index is 0.115. The first-order valence-electron chi connectivity index (χ1n) is 4.29. The highest BCUT2D eigenvalue weighted by atomic mass is 79.9. The Morgan fingerprint density at radius 2 is 2.46 bits per heavy atom. The number of halogens is 1. The van der Waals surface area contributed by atoms with Gasteiger partial charge in [-0.3, -0.25) is 0 Å². The predicted molar refractivity (Wildman–Crippen MR) is 63.0 cm³/mol. The van der Waals surface area contributed by atoms with E-state index in [-0.39, 0.29) is 6.04 Å². The van der Waals surface area contributed by atoms with Crippen molar-refractivity contribution in [2.75, 3.05) is 0 Å². The highest BCUT2D eigenvalue weighted by Gasteiger charge is 2.08. The van der Waals surface area contributed by atoms with Gasteiger partial charge < -0.3 is 5.73 Å². The third-order valence-corrected chi connectivity index (χ3v) is 3.79. The molecule has 1 aromatic heterocycles. The fourth-order valence-corrected chi connectivity index (χ4v) is 2.53. The summed E-state index contributed by atoms with van der Waals surface area (Å²) in [5.41, 5.74) is 7.23. The Bertz CT molecular complexity index is 293. The van der Waals surface area contributed by atoms with E-state index in [1.165, 1.54) is 10.5 Å². The number of rotatable bonds is 4. The zero-order chi connectivity index (χ0) is 9.84. The van der Waals surface area contributed by atoms with Gasteiger partial charge in [0.25, 0.3) is 0 Å². The first-order valence-corrected chi connectivity index (χ1v) is 5.97. The number of thiophene rings is 1. The normalized spacial score (nSPS) is 12.8. The van der Waals surface area contributed by atoms with Crippen LogP contribution in [-0.4, -0.2) is 0 Å². The second kappa shape index (κ2) is 4.94. The lowest BCUT2D eigenvalue weighted by Crippen LogP contribution is -2.08. The van der Waals surface area contributed by atoms with E-state index in [0.717, 1.165) is 17.3 Å². The van der Waals surface area contributed by atoms with Crippen molar-refractivity contribution < 1.29 is 0 Å². The van der Waals surface area contributed by atoms with Crippen LogP contribution >= 0.6 is 27.3 Å². The standard InChI is InChI=1S/C10H14BrNS/c1-3-7(2)4-9(12)10-5-8(11)6-13-10/h5-6,9H,2-4,12H2,1H3. The van der Waals surface area contributed by atoms with Crippen LogP contribution in [-0.2, 0) is 0 Å². The van der Waals surface area contributed by atoms with Crippen molar-refractivity contribution in [3.63, 3.8) is 0 Å². The van der Waals surface area contributed by atoms with E-state index in [0.29, 0.717) is 0 Å². The molecule has 1 atom stereocenters. The Hall–Kier alpha value is -0.120. The van der Waals surface area contributed by atoms with Crippen molar-refractivity contribution in [2.45, 2.75) is 25.8 Å². The first kappa shape index (κ1) is 11.0. The molecule has 0 radical (unpaired) electrons. The van der Waals surface area contributed by atoms with E-state index in [4.69, 9.17) is 5.73 Å². The molecule has 1 aromatic rings. The topological polar surface area (TPSA) is 26.0 Å². The highest BCUT2D eigenvalue weighted by Crippen LogP contribution is 2.27. The van der Waals surface area contributed by atoms with Crippen LogP contribution in [0.2, 0.25) is 0 Å². The molecule has 0 saturated heterocycles. The third kappa shape index (κ3) is 3.25. The summed E-state index contributed by atoms with van der Waals surface area (Å²) in [4.78, 5) is 1.22. The largest absolute Gasteiger partial charge is 0.323 e. The second-order valence-corrected chi connectivity index (χ2v) is 4.94. The smallest absolute Gasteiger partial charge is 0.0427 e. The summed E-state index contributed by atoms with van der Waals surface area (Å²) in [5.74, 6) is 0. The lowest BCUT2D eigenvalue weighted by molar-refractivity contribution is 0.714. The van der Waals surface area contributed by atoms with Crippen molar-refractivity contribution in [3.8, 4) is 0 Å². The quantitative estimate of drug-likeness (QED) is 0.817. The molecule has 2 N–H and O–H groups in total. The van der Waals surface area contributed by atoms with Crippen LogP contribution in [0, 0.1) is 0 Å². The van der Waals surface area contributed by atoms with Gasteiger partial charge in [-0.1, -0.05) is 19.1 Å². The van der Waals surface area contributed by atoms with Crippen LogP contribution in [0.1, 0.15) is 30.7 Å². The van der Waals surface area contributed by atoms with Crippen LogP contribution in [0.5, 0.6) is 0 Å². The minimum Gasteiger partial charge on any atom is -0.323 e. The van der Waals surface area contributed by atoms with Crippen LogP contribution < -0.4 is 5.73 Å². The van der Waals surface area contributed by atoms with E-state index in [1.54, 1.807) is 11.3 Å². The molecule has 0 aliphatic heterocycles. The average molecular weight is 260 g/mol. The zero-order valence-electron chi connectivity index (χ0n) is 7.72. The van der Waals surface area contributed by atoms with E-state index < -0.39 is 0 Å². The SMILES string of the molecule is C=C(CC)CC(N)c1cc(Br)cs1. The fraction of sp³-hybridized carbons (Fsp3) is 0.400. The Balaban J connectivity index is 2.58. The Labute approximate surface area is 91.8 Å². The summed E-state index contributed by atoms with van der Waals surface area (Å²) in [6, 6.07) is 2.20. The van der Waals surface area contributed by atoms with Crippen molar-refractivity contribution in [3.05, 3.63) is 32.9 Å².